The maximum atomic E-state index is 13.8. The highest BCUT2D eigenvalue weighted by Gasteiger charge is 2.23. The molecule has 3 atom stereocenters. The molecule has 0 aliphatic rings. The fraction of sp³-hybridized carbons (Fsp3) is 0.714. The number of carbonyl (C=O) groups excluding carboxylic acids is 3. The molecular weight excluding hydrogens is 690 g/mol. The van der Waals surface area contributed by atoms with Crippen LogP contribution in [0.15, 0.2) is 18.2 Å². The van der Waals surface area contributed by atoms with Crippen molar-refractivity contribution in [2.75, 3.05) is 0 Å². The summed E-state index contributed by atoms with van der Waals surface area (Å²) in [6.45, 7) is 6.36. The number of carboxylic acids is 3. The van der Waals surface area contributed by atoms with Gasteiger partial charge in [0.1, 0.15) is 0 Å². The predicted molar refractivity (Wildman–Crippen MR) is 211 cm³/mol. The fourth-order valence-corrected chi connectivity index (χ4v) is 6.57. The molecule has 0 radical (unpaired) electrons. The van der Waals surface area contributed by atoms with Crippen molar-refractivity contribution < 1.29 is 44.1 Å². The van der Waals surface area contributed by atoms with Gasteiger partial charge in [0.2, 0.25) is 0 Å². The van der Waals surface area contributed by atoms with E-state index in [1.165, 1.54) is 18.2 Å². The number of aliphatic carboxylic acids is 3. The number of carbonyl (C=O) groups is 6. The van der Waals surface area contributed by atoms with Crippen LogP contribution in [0.2, 0.25) is 0 Å². The van der Waals surface area contributed by atoms with Gasteiger partial charge in [-0.05, 0) is 56.7 Å². The highest BCUT2D eigenvalue weighted by molar-refractivity contribution is 6.04. The zero-order chi connectivity index (χ0) is 40.1. The van der Waals surface area contributed by atoms with Crippen molar-refractivity contribution in [3.8, 4) is 0 Å². The van der Waals surface area contributed by atoms with Gasteiger partial charge in [0.15, 0.2) is 0 Å². The molecular formula is C42H69N3O9. The summed E-state index contributed by atoms with van der Waals surface area (Å²) in [6, 6.07) is 2.94. The Morgan fingerprint density at radius 1 is 0.407 bits per heavy atom. The summed E-state index contributed by atoms with van der Waals surface area (Å²) in [5.41, 5.74) is 0.173. The molecule has 0 saturated heterocycles. The first kappa shape index (κ1) is 48.1. The summed E-state index contributed by atoms with van der Waals surface area (Å²) in [5.74, 6) is -4.53. The van der Waals surface area contributed by atoms with E-state index in [-0.39, 0.29) is 55.2 Å². The Morgan fingerprint density at radius 3 is 0.870 bits per heavy atom. The molecule has 6 N–H and O–H groups in total. The number of hydrogen-bond donors (Lipinski definition) is 6. The Labute approximate surface area is 323 Å². The number of amides is 3. The molecule has 3 unspecified atom stereocenters. The highest BCUT2D eigenvalue weighted by Crippen LogP contribution is 2.18. The molecule has 1 rings (SSSR count). The average molecular weight is 760 g/mol. The van der Waals surface area contributed by atoms with Crippen LogP contribution in [0.3, 0.4) is 0 Å². The van der Waals surface area contributed by atoms with Crippen LogP contribution in [-0.2, 0) is 14.4 Å². The Hall–Kier alpha value is -3.96. The average Bonchev–Trinajstić information content (AvgIpc) is 3.13. The van der Waals surface area contributed by atoms with Gasteiger partial charge in [-0.1, -0.05) is 117 Å². The van der Waals surface area contributed by atoms with Gasteiger partial charge in [0, 0.05) is 54.1 Å². The topological polar surface area (TPSA) is 199 Å². The zero-order valence-electron chi connectivity index (χ0n) is 33.2. The Morgan fingerprint density at radius 2 is 0.648 bits per heavy atom. The molecule has 0 aliphatic heterocycles. The normalized spacial score (nSPS) is 12.7. The van der Waals surface area contributed by atoms with Gasteiger partial charge in [-0.2, -0.15) is 0 Å². The Kier molecular flexibility index (Phi) is 26.2. The minimum atomic E-state index is -0.969. The first-order chi connectivity index (χ1) is 25.9. The van der Waals surface area contributed by atoms with Crippen molar-refractivity contribution in [1.82, 2.24) is 16.0 Å². The molecule has 0 aliphatic carbocycles. The minimum absolute atomic E-state index is 0.0578. The molecule has 306 valence electrons. The van der Waals surface area contributed by atoms with Crippen LogP contribution in [0.5, 0.6) is 0 Å². The number of rotatable bonds is 33. The van der Waals surface area contributed by atoms with Crippen LogP contribution in [0, 0.1) is 0 Å². The molecule has 1 aromatic carbocycles. The summed E-state index contributed by atoms with van der Waals surface area (Å²) >= 11 is 0. The summed E-state index contributed by atoms with van der Waals surface area (Å²) in [7, 11) is 0. The van der Waals surface area contributed by atoms with Crippen molar-refractivity contribution in [3.63, 3.8) is 0 Å². The Balaban J connectivity index is 3.43. The van der Waals surface area contributed by atoms with Crippen molar-refractivity contribution in [3.05, 3.63) is 34.9 Å². The third kappa shape index (κ3) is 23.0. The number of carboxylic acid groups (broad SMARTS) is 3. The lowest BCUT2D eigenvalue weighted by Crippen LogP contribution is -2.38. The SMILES string of the molecule is CCCCCCCC(CCC(=O)O)NC(=O)c1cc(C(=O)NC(CCCCCCC)CCC(=O)O)cc(C(=O)NC(CCCCCCC)CCC(=O)O)c1. The molecule has 0 fully saturated rings. The Bertz CT molecular complexity index is 1120. The van der Waals surface area contributed by atoms with Gasteiger partial charge in [0.25, 0.3) is 17.7 Å². The lowest BCUT2D eigenvalue weighted by Gasteiger charge is -2.21. The number of unbranched alkanes of at least 4 members (excludes halogenated alkanes) is 12. The molecule has 0 aromatic heterocycles. The van der Waals surface area contributed by atoms with Crippen LogP contribution in [-0.4, -0.2) is 69.1 Å². The van der Waals surface area contributed by atoms with Crippen molar-refractivity contribution >= 4 is 35.6 Å². The summed E-state index contributed by atoms with van der Waals surface area (Å²) in [5, 5.41) is 36.9. The van der Waals surface area contributed by atoms with E-state index < -0.39 is 53.8 Å². The van der Waals surface area contributed by atoms with Crippen LogP contribution in [0.1, 0.15) is 206 Å². The van der Waals surface area contributed by atoms with E-state index in [0.29, 0.717) is 19.3 Å². The van der Waals surface area contributed by atoms with Crippen molar-refractivity contribution in [1.29, 1.82) is 0 Å². The van der Waals surface area contributed by atoms with Crippen molar-refractivity contribution in [2.24, 2.45) is 0 Å². The second kappa shape index (κ2) is 29.4. The number of nitrogens with one attached hydrogen (secondary N) is 3. The second-order valence-corrected chi connectivity index (χ2v) is 14.7. The van der Waals surface area contributed by atoms with Gasteiger partial charge in [-0.15, -0.1) is 0 Å². The molecule has 1 aromatic rings. The van der Waals surface area contributed by atoms with E-state index in [0.717, 1.165) is 96.3 Å². The lowest BCUT2D eigenvalue weighted by molar-refractivity contribution is -0.138. The standard InChI is InChI=1S/C42H69N3O9/c1-4-7-10-13-16-19-34(22-25-37(46)47)43-40(52)31-28-32(41(53)44-35(23-26-38(48)49)20-17-14-11-8-5-2)30-33(29-31)42(54)45-36(24-27-39(50)51)21-18-15-12-9-6-3/h28-30,34-36H,4-27H2,1-3H3,(H,43,52)(H,44,53)(H,45,54)(H,46,47)(H,48,49)(H,50,51). The number of benzene rings is 1. The van der Waals surface area contributed by atoms with Gasteiger partial charge in [0.05, 0.1) is 0 Å². The molecule has 0 saturated carbocycles. The maximum Gasteiger partial charge on any atom is 0.303 e. The van der Waals surface area contributed by atoms with E-state index >= 15 is 0 Å². The molecule has 0 spiro atoms. The third-order valence-electron chi connectivity index (χ3n) is 9.81. The summed E-state index contributed by atoms with van der Waals surface area (Å²) in [6.07, 6.45) is 17.1. The zero-order valence-corrected chi connectivity index (χ0v) is 33.2. The smallest absolute Gasteiger partial charge is 0.303 e. The van der Waals surface area contributed by atoms with Gasteiger partial charge in [-0.25, -0.2) is 0 Å². The van der Waals surface area contributed by atoms with Gasteiger partial charge in [-0.3, -0.25) is 28.8 Å². The first-order valence-electron chi connectivity index (χ1n) is 20.6. The van der Waals surface area contributed by atoms with E-state index in [9.17, 15) is 44.1 Å². The maximum absolute atomic E-state index is 13.8. The largest absolute Gasteiger partial charge is 0.481 e. The third-order valence-corrected chi connectivity index (χ3v) is 9.81. The van der Waals surface area contributed by atoms with Crippen LogP contribution in [0.4, 0.5) is 0 Å². The molecule has 54 heavy (non-hydrogen) atoms. The van der Waals surface area contributed by atoms with E-state index in [1.807, 2.05) is 0 Å². The summed E-state index contributed by atoms with van der Waals surface area (Å²) in [4.78, 5) is 75.6. The van der Waals surface area contributed by atoms with E-state index in [4.69, 9.17) is 0 Å². The predicted octanol–water partition coefficient (Wildman–Crippen LogP) is 8.66. The number of hydrogen-bond acceptors (Lipinski definition) is 6. The molecule has 12 heteroatoms. The van der Waals surface area contributed by atoms with Crippen molar-refractivity contribution in [2.45, 2.75) is 193 Å². The van der Waals surface area contributed by atoms with Crippen LogP contribution >= 0.6 is 0 Å². The monoisotopic (exact) mass is 760 g/mol. The quantitative estimate of drug-likeness (QED) is 0.0380. The molecule has 0 bridgehead atoms. The molecule has 12 nitrogen and oxygen atoms in total. The fourth-order valence-electron chi connectivity index (χ4n) is 6.57. The first-order valence-corrected chi connectivity index (χ1v) is 20.6. The van der Waals surface area contributed by atoms with E-state index in [1.54, 1.807) is 0 Å². The highest BCUT2D eigenvalue weighted by atomic mass is 16.4. The van der Waals surface area contributed by atoms with Crippen LogP contribution in [0.25, 0.3) is 0 Å². The second-order valence-electron chi connectivity index (χ2n) is 14.7. The van der Waals surface area contributed by atoms with Gasteiger partial charge >= 0.3 is 17.9 Å². The minimum Gasteiger partial charge on any atom is -0.481 e. The van der Waals surface area contributed by atoms with Crippen LogP contribution < -0.4 is 16.0 Å². The molecule has 3 amide bonds. The summed E-state index contributed by atoms with van der Waals surface area (Å²) < 4.78 is 0. The van der Waals surface area contributed by atoms with Gasteiger partial charge < -0.3 is 31.3 Å². The molecule has 0 heterocycles. The lowest BCUT2D eigenvalue weighted by atomic mass is 9.98. The van der Waals surface area contributed by atoms with E-state index in [2.05, 4.69) is 36.7 Å².